The van der Waals surface area contributed by atoms with Crippen molar-refractivity contribution < 1.29 is 8.42 Å². The van der Waals surface area contributed by atoms with Crippen molar-refractivity contribution in [1.29, 1.82) is 0 Å². The van der Waals surface area contributed by atoms with E-state index in [0.717, 1.165) is 10.0 Å². The maximum atomic E-state index is 12.3. The summed E-state index contributed by atoms with van der Waals surface area (Å²) in [6.07, 6.45) is 0. The Morgan fingerprint density at radius 1 is 1.15 bits per heavy atom. The molecule has 0 aromatic heterocycles. The highest BCUT2D eigenvalue weighted by atomic mass is 79.9. The normalized spacial score (nSPS) is 13.2. The van der Waals surface area contributed by atoms with Gasteiger partial charge < -0.3 is 0 Å². The van der Waals surface area contributed by atoms with E-state index in [9.17, 15) is 8.42 Å². The zero-order valence-electron chi connectivity index (χ0n) is 10.7. The van der Waals surface area contributed by atoms with Gasteiger partial charge in [-0.25, -0.2) is 13.1 Å². The first-order valence-corrected chi connectivity index (χ1v) is 8.57. The highest BCUT2D eigenvalue weighted by Crippen LogP contribution is 2.21. The topological polar surface area (TPSA) is 46.2 Å². The summed E-state index contributed by atoms with van der Waals surface area (Å²) in [7, 11) is -3.55. The van der Waals surface area contributed by atoms with Crippen LogP contribution in [0.15, 0.2) is 57.9 Å². The summed E-state index contributed by atoms with van der Waals surface area (Å²) in [5.41, 5.74) is 0.818. The van der Waals surface area contributed by atoms with Crippen LogP contribution in [0.2, 0.25) is 5.02 Å². The molecule has 0 unspecified atom stereocenters. The summed E-state index contributed by atoms with van der Waals surface area (Å²) in [4.78, 5) is 0.231. The van der Waals surface area contributed by atoms with Crippen LogP contribution in [0.5, 0.6) is 0 Å². The minimum Gasteiger partial charge on any atom is -0.207 e. The Bertz CT molecular complexity index is 701. The highest BCUT2D eigenvalue weighted by Gasteiger charge is 2.18. The minimum absolute atomic E-state index is 0.231. The molecule has 20 heavy (non-hydrogen) atoms. The Kier molecular flexibility index (Phi) is 4.86. The zero-order chi connectivity index (χ0) is 14.8. The Labute approximate surface area is 132 Å². The number of hydrogen-bond donors (Lipinski definition) is 1. The molecule has 0 spiro atoms. The molecule has 2 rings (SSSR count). The molecule has 0 radical (unpaired) electrons. The number of benzene rings is 2. The number of rotatable bonds is 4. The maximum absolute atomic E-state index is 12.3. The molecular formula is C14H13BrClNO2S. The lowest BCUT2D eigenvalue weighted by molar-refractivity contribution is 0.567. The van der Waals surface area contributed by atoms with Gasteiger partial charge in [-0.2, -0.15) is 0 Å². The fraction of sp³-hybridized carbons (Fsp3) is 0.143. The van der Waals surface area contributed by atoms with Gasteiger partial charge in [-0.15, -0.1) is 0 Å². The van der Waals surface area contributed by atoms with Crippen LogP contribution in [-0.2, 0) is 10.0 Å². The average Bonchev–Trinajstić information content (AvgIpc) is 2.38. The number of halogens is 2. The van der Waals surface area contributed by atoms with E-state index in [0.29, 0.717) is 5.02 Å². The van der Waals surface area contributed by atoms with Crippen molar-refractivity contribution in [2.24, 2.45) is 0 Å². The van der Waals surface area contributed by atoms with Crippen molar-refractivity contribution in [2.45, 2.75) is 17.9 Å². The second kappa shape index (κ2) is 6.26. The Morgan fingerprint density at radius 2 is 1.80 bits per heavy atom. The van der Waals surface area contributed by atoms with Crippen LogP contribution in [0, 0.1) is 0 Å². The van der Waals surface area contributed by atoms with Gasteiger partial charge in [0.05, 0.1) is 4.90 Å². The highest BCUT2D eigenvalue weighted by molar-refractivity contribution is 9.10. The Morgan fingerprint density at radius 3 is 2.40 bits per heavy atom. The fourth-order valence-electron chi connectivity index (χ4n) is 1.76. The largest absolute Gasteiger partial charge is 0.241 e. The summed E-state index contributed by atoms with van der Waals surface area (Å²) < 4.78 is 28.0. The van der Waals surface area contributed by atoms with Gasteiger partial charge in [-0.3, -0.25) is 0 Å². The van der Waals surface area contributed by atoms with E-state index in [1.807, 2.05) is 6.07 Å². The van der Waals surface area contributed by atoms with Crippen molar-refractivity contribution in [2.75, 3.05) is 0 Å². The average molecular weight is 375 g/mol. The quantitative estimate of drug-likeness (QED) is 0.874. The van der Waals surface area contributed by atoms with Gasteiger partial charge in [0, 0.05) is 15.5 Å². The van der Waals surface area contributed by atoms with Crippen LogP contribution in [-0.4, -0.2) is 8.42 Å². The van der Waals surface area contributed by atoms with E-state index in [-0.39, 0.29) is 10.9 Å². The summed E-state index contributed by atoms with van der Waals surface area (Å²) >= 11 is 9.19. The molecule has 3 nitrogen and oxygen atoms in total. The first kappa shape index (κ1) is 15.5. The summed E-state index contributed by atoms with van der Waals surface area (Å²) in [5.74, 6) is 0. The summed E-state index contributed by atoms with van der Waals surface area (Å²) in [5, 5.41) is 0.581. The van der Waals surface area contributed by atoms with Gasteiger partial charge in [-0.05, 0) is 48.9 Å². The van der Waals surface area contributed by atoms with Crippen LogP contribution in [0.25, 0.3) is 0 Å². The molecule has 1 N–H and O–H groups in total. The second-order valence-corrected chi connectivity index (χ2v) is 7.42. The Hall–Kier alpha value is -0.880. The van der Waals surface area contributed by atoms with Crippen LogP contribution in [0.3, 0.4) is 0 Å². The lowest BCUT2D eigenvalue weighted by Gasteiger charge is -2.15. The van der Waals surface area contributed by atoms with Crippen molar-refractivity contribution >= 4 is 37.6 Å². The number of nitrogens with one attached hydrogen (secondary N) is 1. The first-order chi connectivity index (χ1) is 9.38. The van der Waals surface area contributed by atoms with Crippen molar-refractivity contribution in [3.05, 3.63) is 63.6 Å². The fourth-order valence-corrected chi connectivity index (χ4v) is 3.45. The third kappa shape index (κ3) is 3.82. The first-order valence-electron chi connectivity index (χ1n) is 5.92. The smallest absolute Gasteiger partial charge is 0.207 e. The van der Waals surface area contributed by atoms with Crippen molar-refractivity contribution in [3.63, 3.8) is 0 Å². The SMILES string of the molecule is C[C@@H](NS(=O)(=O)c1ccc(Br)cc1)c1cccc(Cl)c1. The van der Waals surface area contributed by atoms with Crippen LogP contribution < -0.4 is 4.72 Å². The standard InChI is InChI=1S/C14H13BrClNO2S/c1-10(11-3-2-4-13(16)9-11)17-20(18,19)14-7-5-12(15)6-8-14/h2-10,17H,1H3/t10-/m1/s1. The van der Waals surface area contributed by atoms with Crippen LogP contribution in [0.4, 0.5) is 0 Å². The van der Waals surface area contributed by atoms with Gasteiger partial charge in [0.1, 0.15) is 0 Å². The summed E-state index contributed by atoms with van der Waals surface area (Å²) in [6.45, 7) is 1.78. The van der Waals surface area contributed by atoms with E-state index in [1.54, 1.807) is 49.4 Å². The molecule has 0 heterocycles. The molecule has 0 aliphatic carbocycles. The van der Waals surface area contributed by atoms with Gasteiger partial charge in [-0.1, -0.05) is 39.7 Å². The number of sulfonamides is 1. The van der Waals surface area contributed by atoms with E-state index in [2.05, 4.69) is 20.7 Å². The van der Waals surface area contributed by atoms with Gasteiger partial charge >= 0.3 is 0 Å². The monoisotopic (exact) mass is 373 g/mol. The van der Waals surface area contributed by atoms with E-state index < -0.39 is 10.0 Å². The third-order valence-corrected chi connectivity index (χ3v) is 5.12. The molecule has 0 fully saturated rings. The molecule has 6 heteroatoms. The predicted octanol–water partition coefficient (Wildman–Crippen LogP) is 4.14. The predicted molar refractivity (Wildman–Crippen MR) is 84.3 cm³/mol. The molecule has 1 atom stereocenters. The molecule has 2 aromatic carbocycles. The zero-order valence-corrected chi connectivity index (χ0v) is 13.8. The van der Waals surface area contributed by atoms with Crippen molar-refractivity contribution in [3.8, 4) is 0 Å². The lowest BCUT2D eigenvalue weighted by Crippen LogP contribution is -2.26. The van der Waals surface area contributed by atoms with Gasteiger partial charge in [0.2, 0.25) is 10.0 Å². The van der Waals surface area contributed by atoms with E-state index >= 15 is 0 Å². The molecule has 0 aliphatic rings. The van der Waals surface area contributed by atoms with Gasteiger partial charge in [0.25, 0.3) is 0 Å². The van der Waals surface area contributed by atoms with E-state index in [4.69, 9.17) is 11.6 Å². The number of hydrogen-bond acceptors (Lipinski definition) is 2. The Balaban J connectivity index is 2.22. The molecule has 0 bridgehead atoms. The second-order valence-electron chi connectivity index (χ2n) is 4.35. The summed E-state index contributed by atoms with van der Waals surface area (Å²) in [6, 6.07) is 13.3. The molecule has 0 aliphatic heterocycles. The van der Waals surface area contributed by atoms with Gasteiger partial charge in [0.15, 0.2) is 0 Å². The van der Waals surface area contributed by atoms with Crippen LogP contribution in [0.1, 0.15) is 18.5 Å². The lowest BCUT2D eigenvalue weighted by atomic mass is 10.1. The molecule has 0 saturated heterocycles. The maximum Gasteiger partial charge on any atom is 0.241 e. The molecule has 0 saturated carbocycles. The van der Waals surface area contributed by atoms with Crippen LogP contribution >= 0.6 is 27.5 Å². The molecule has 0 amide bonds. The van der Waals surface area contributed by atoms with E-state index in [1.165, 1.54) is 0 Å². The van der Waals surface area contributed by atoms with Crippen molar-refractivity contribution in [1.82, 2.24) is 4.72 Å². The molecular weight excluding hydrogens is 362 g/mol. The molecule has 106 valence electrons. The third-order valence-electron chi connectivity index (χ3n) is 2.80. The molecule has 2 aromatic rings. The minimum atomic E-state index is -3.55.